The van der Waals surface area contributed by atoms with Crippen molar-refractivity contribution in [2.45, 2.75) is 65.8 Å². The molecule has 4 heterocycles. The number of aromatic carboxylic acids is 1. The molecule has 55 heavy (non-hydrogen) atoms. The van der Waals surface area contributed by atoms with Crippen LogP contribution in [0.25, 0.3) is 32.8 Å². The van der Waals surface area contributed by atoms with E-state index < -0.39 is 12.1 Å². The van der Waals surface area contributed by atoms with Gasteiger partial charge < -0.3 is 28.6 Å². The number of hydrogen-bond acceptors (Lipinski definition) is 6. The van der Waals surface area contributed by atoms with E-state index in [1.54, 1.807) is 13.2 Å². The lowest BCUT2D eigenvalue weighted by molar-refractivity contribution is -0.783. The number of halogens is 2. The Bertz CT molecular complexity index is 2400. The van der Waals surface area contributed by atoms with E-state index in [0.717, 1.165) is 61.1 Å². The van der Waals surface area contributed by atoms with Gasteiger partial charge in [0.25, 0.3) is 0 Å². The molecule has 0 saturated carbocycles. The van der Waals surface area contributed by atoms with Crippen molar-refractivity contribution in [3.8, 4) is 16.9 Å². The first-order valence-corrected chi connectivity index (χ1v) is 19.1. The smallest absolute Gasteiger partial charge is 0.352 e. The molecule has 1 unspecified atom stereocenters. The Balaban J connectivity index is 1.38. The Hall–Kier alpha value is -4.75. The van der Waals surface area contributed by atoms with Gasteiger partial charge in [0.15, 0.2) is 6.54 Å². The first kappa shape index (κ1) is 38.5. The highest BCUT2D eigenvalue weighted by molar-refractivity contribution is 6.35. The van der Waals surface area contributed by atoms with Crippen molar-refractivity contribution in [1.82, 2.24) is 19.0 Å². The lowest BCUT2D eigenvalue weighted by Crippen LogP contribution is -2.47. The van der Waals surface area contributed by atoms with Gasteiger partial charge >= 0.3 is 5.97 Å². The monoisotopic (exact) mass is 772 g/mol. The Labute approximate surface area is 324 Å². The second kappa shape index (κ2) is 16.2. The molecule has 0 aliphatic carbocycles. The van der Waals surface area contributed by atoms with E-state index in [0.29, 0.717) is 75.1 Å². The van der Waals surface area contributed by atoms with Crippen LogP contribution in [0.2, 0.25) is 5.02 Å². The van der Waals surface area contributed by atoms with E-state index in [4.69, 9.17) is 35.6 Å². The number of carboxylic acids is 1. The number of methoxy groups -OCH3 is 1. The quantitative estimate of drug-likeness (QED) is 0.133. The number of aryl methyl sites for hydroxylation is 5. The summed E-state index contributed by atoms with van der Waals surface area (Å²) in [5.41, 5.74) is 7.93. The summed E-state index contributed by atoms with van der Waals surface area (Å²) in [5.74, 6) is -0.670. The summed E-state index contributed by atoms with van der Waals surface area (Å²) in [7, 11) is 5.58. The molecule has 0 radical (unpaired) electrons. The van der Waals surface area contributed by atoms with Gasteiger partial charge in [-0.2, -0.15) is 9.78 Å². The third-order valence-corrected chi connectivity index (χ3v) is 11.1. The van der Waals surface area contributed by atoms with Crippen LogP contribution < -0.4 is 9.42 Å². The van der Waals surface area contributed by atoms with Crippen LogP contribution in [0.3, 0.4) is 0 Å². The number of ether oxygens (including phenoxy) is 4. The molecule has 1 aliphatic heterocycles. The summed E-state index contributed by atoms with van der Waals surface area (Å²) in [6.07, 6.45) is 1.50. The van der Waals surface area contributed by atoms with Crippen molar-refractivity contribution in [3.63, 3.8) is 0 Å². The van der Waals surface area contributed by atoms with Crippen molar-refractivity contribution in [2.75, 3.05) is 33.5 Å². The molecule has 7 rings (SSSR count). The minimum absolute atomic E-state index is 0.202. The predicted molar refractivity (Wildman–Crippen MR) is 209 cm³/mol. The molecular formula is C42H48ClFN5O6+. The molecule has 1 aliphatic rings. The summed E-state index contributed by atoms with van der Waals surface area (Å²) in [5, 5.41) is 18.3. The van der Waals surface area contributed by atoms with Gasteiger partial charge in [0.05, 0.1) is 50.4 Å². The van der Waals surface area contributed by atoms with E-state index >= 15 is 0 Å². The second-order valence-corrected chi connectivity index (χ2v) is 14.6. The molecule has 13 heteroatoms. The van der Waals surface area contributed by atoms with Gasteiger partial charge in [-0.1, -0.05) is 17.7 Å². The molecule has 290 valence electrons. The third-order valence-electron chi connectivity index (χ3n) is 10.8. The van der Waals surface area contributed by atoms with Gasteiger partial charge in [-0.05, 0) is 99.0 Å². The molecule has 6 aromatic rings. The van der Waals surface area contributed by atoms with Crippen LogP contribution in [-0.2, 0) is 60.8 Å². The molecule has 11 nitrogen and oxygen atoms in total. The average Bonchev–Trinajstić information content (AvgIpc) is 3.74. The van der Waals surface area contributed by atoms with E-state index in [1.807, 2.05) is 68.4 Å². The molecule has 1 N–H and O–H groups in total. The van der Waals surface area contributed by atoms with E-state index in [1.165, 1.54) is 12.1 Å². The molecule has 0 amide bonds. The zero-order valence-electron chi connectivity index (χ0n) is 32.2. The zero-order valence-corrected chi connectivity index (χ0v) is 33.0. The summed E-state index contributed by atoms with van der Waals surface area (Å²) >= 11 is 7.18. The summed E-state index contributed by atoms with van der Waals surface area (Å²) in [4.78, 5) is 13.0. The Morgan fingerprint density at radius 2 is 1.89 bits per heavy atom. The van der Waals surface area contributed by atoms with Crippen LogP contribution in [0.15, 0.2) is 48.5 Å². The fraction of sp³-hybridized carbons (Fsp3) is 0.405. The highest BCUT2D eigenvalue weighted by atomic mass is 35.5. The number of benzene rings is 3. The number of rotatable bonds is 7. The van der Waals surface area contributed by atoms with E-state index in [2.05, 4.69) is 15.4 Å². The average molecular weight is 773 g/mol. The number of fused-ring (bicyclic) bond motifs is 8. The Morgan fingerprint density at radius 1 is 1.07 bits per heavy atom. The molecule has 0 saturated heterocycles. The maximum absolute atomic E-state index is 14.4. The maximum Gasteiger partial charge on any atom is 0.352 e. The molecular weight excluding hydrogens is 725 g/mol. The second-order valence-electron chi connectivity index (χ2n) is 14.2. The Morgan fingerprint density at radius 3 is 2.67 bits per heavy atom. The van der Waals surface area contributed by atoms with Gasteiger partial charge in [0.2, 0.25) is 5.69 Å². The molecule has 8 bridgehead atoms. The SMILES string of the molecule is COCCOCC[n+]1c2c(c(C)n1C)-c1c(Cl)ccc3c1c(C)c(C(=O)O)n3CCCOc1cc(cc3cc(F)ccc13)CCc1cc(nn1C)COC2C. The first-order chi connectivity index (χ1) is 26.5. The van der Waals surface area contributed by atoms with Crippen LogP contribution in [-0.4, -0.2) is 63.6 Å². The molecule has 3 aromatic carbocycles. The highest BCUT2D eigenvalue weighted by Crippen LogP contribution is 2.44. The van der Waals surface area contributed by atoms with Crippen LogP contribution in [0, 0.1) is 19.7 Å². The molecule has 3 aromatic heterocycles. The first-order valence-electron chi connectivity index (χ1n) is 18.7. The van der Waals surface area contributed by atoms with Gasteiger partial charge in [0.1, 0.15) is 30.0 Å². The zero-order chi connectivity index (χ0) is 39.0. The third kappa shape index (κ3) is 7.48. The fourth-order valence-corrected chi connectivity index (χ4v) is 8.29. The Kier molecular flexibility index (Phi) is 11.3. The van der Waals surface area contributed by atoms with Crippen LogP contribution in [0.5, 0.6) is 5.75 Å². The summed E-state index contributed by atoms with van der Waals surface area (Å²) < 4.78 is 46.6. The topological polar surface area (TPSA) is 106 Å². The number of carboxylic acid groups (broad SMARTS) is 1. The van der Waals surface area contributed by atoms with Gasteiger partial charge in [-0.3, -0.25) is 4.68 Å². The lowest BCUT2D eigenvalue weighted by Gasteiger charge is -2.14. The largest absolute Gasteiger partial charge is 0.493 e. The number of aromatic nitrogens is 5. The van der Waals surface area contributed by atoms with Crippen LogP contribution in [0.1, 0.15) is 63.8 Å². The number of hydrogen-bond donors (Lipinski definition) is 1. The fourth-order valence-electron chi connectivity index (χ4n) is 8.04. The number of nitrogens with zero attached hydrogens (tertiary/aromatic N) is 5. The van der Waals surface area contributed by atoms with Gasteiger partial charge in [0, 0.05) is 53.3 Å². The maximum atomic E-state index is 14.4. The van der Waals surface area contributed by atoms with Crippen molar-refractivity contribution in [3.05, 3.63) is 99.0 Å². The van der Waals surface area contributed by atoms with Crippen molar-refractivity contribution in [1.29, 1.82) is 0 Å². The molecule has 0 spiro atoms. The standard InChI is InChI=1S/C42H47ClFN5O6/c1-25-37-35-13-12-34(43)39(37)38-26(2)47(5)49(15-17-53-19-18-52-6)41(38)27(3)55-24-31-23-32(46(4)45-31)10-8-28-20-29-22-30(44)9-11-33(29)36(21-28)54-16-7-14-48(35)40(25)42(50)51/h9,11-13,20-23,27H,7-8,10,14-19,24H2,1-6H3/p+1. The van der Waals surface area contributed by atoms with E-state index in [-0.39, 0.29) is 18.1 Å². The van der Waals surface area contributed by atoms with Crippen molar-refractivity contribution >= 4 is 39.2 Å². The number of carbonyl (C=O) groups is 1. The van der Waals surface area contributed by atoms with Crippen LogP contribution >= 0.6 is 11.6 Å². The van der Waals surface area contributed by atoms with Crippen LogP contribution in [0.4, 0.5) is 4.39 Å². The highest BCUT2D eigenvalue weighted by Gasteiger charge is 2.36. The normalized spacial score (nSPS) is 15.3. The van der Waals surface area contributed by atoms with E-state index in [9.17, 15) is 14.3 Å². The van der Waals surface area contributed by atoms with Crippen molar-refractivity contribution < 1.29 is 37.9 Å². The van der Waals surface area contributed by atoms with Crippen molar-refractivity contribution in [2.24, 2.45) is 14.1 Å². The van der Waals surface area contributed by atoms with Gasteiger partial charge in [-0.15, -0.1) is 4.68 Å². The lowest BCUT2D eigenvalue weighted by atomic mass is 9.95. The van der Waals surface area contributed by atoms with Gasteiger partial charge in [-0.25, -0.2) is 9.18 Å². The predicted octanol–water partition coefficient (Wildman–Crippen LogP) is 7.44. The summed E-state index contributed by atoms with van der Waals surface area (Å²) in [6.45, 7) is 8.84. The minimum Gasteiger partial charge on any atom is -0.493 e. The summed E-state index contributed by atoms with van der Waals surface area (Å²) in [6, 6.07) is 14.6. The minimum atomic E-state index is -1.02. The molecule has 1 atom stereocenters. The molecule has 0 fully saturated rings.